The summed E-state index contributed by atoms with van der Waals surface area (Å²) in [6, 6.07) is 2.39. The van der Waals surface area contributed by atoms with Crippen molar-refractivity contribution in [3.05, 3.63) is 23.0 Å². The number of imidazole rings is 1. The van der Waals surface area contributed by atoms with E-state index in [0.29, 0.717) is 6.04 Å². The molecule has 0 aromatic carbocycles. The van der Waals surface area contributed by atoms with E-state index in [1.54, 1.807) is 11.3 Å². The molecule has 0 aliphatic heterocycles. The Hall–Kier alpha value is -1.62. The number of aromatic amines is 1. The van der Waals surface area contributed by atoms with Gasteiger partial charge in [0.25, 0.3) is 0 Å². The molecular formula is C11H12N4S. The fraction of sp³-hybridized carbons (Fsp3) is 0.273. The van der Waals surface area contributed by atoms with E-state index in [9.17, 15) is 0 Å². The zero-order valence-electron chi connectivity index (χ0n) is 9.14. The van der Waals surface area contributed by atoms with Crippen molar-refractivity contribution in [2.24, 2.45) is 0 Å². The lowest BCUT2D eigenvalue weighted by Crippen LogP contribution is -2.02. The van der Waals surface area contributed by atoms with Gasteiger partial charge in [-0.3, -0.25) is 0 Å². The molecule has 82 valence electrons. The van der Waals surface area contributed by atoms with Crippen molar-refractivity contribution >= 4 is 22.5 Å². The second-order valence-electron chi connectivity index (χ2n) is 4.02. The minimum atomic E-state index is 0.330. The molecule has 3 rings (SSSR count). The topological polar surface area (TPSA) is 46.5 Å². The summed E-state index contributed by atoms with van der Waals surface area (Å²) < 4.78 is 1.93. The SMILES string of the molecule is CC(C)n1ncc2[nH]c(-c3ccsc3)nc21. The minimum Gasteiger partial charge on any atom is -0.335 e. The van der Waals surface area contributed by atoms with Crippen LogP contribution in [0.4, 0.5) is 0 Å². The number of aromatic nitrogens is 4. The molecular weight excluding hydrogens is 220 g/mol. The summed E-state index contributed by atoms with van der Waals surface area (Å²) in [5, 5.41) is 8.44. The highest BCUT2D eigenvalue weighted by molar-refractivity contribution is 7.08. The molecule has 0 aliphatic carbocycles. The summed E-state index contributed by atoms with van der Waals surface area (Å²) in [6.07, 6.45) is 1.83. The zero-order chi connectivity index (χ0) is 11.1. The van der Waals surface area contributed by atoms with E-state index in [2.05, 4.69) is 45.7 Å². The van der Waals surface area contributed by atoms with E-state index >= 15 is 0 Å². The molecule has 3 heterocycles. The van der Waals surface area contributed by atoms with Crippen LogP contribution in [0.3, 0.4) is 0 Å². The van der Waals surface area contributed by atoms with Crippen molar-refractivity contribution in [1.29, 1.82) is 0 Å². The van der Waals surface area contributed by atoms with Crippen molar-refractivity contribution in [3.63, 3.8) is 0 Å². The fourth-order valence-electron chi connectivity index (χ4n) is 1.73. The van der Waals surface area contributed by atoms with Gasteiger partial charge in [0.15, 0.2) is 5.65 Å². The van der Waals surface area contributed by atoms with Gasteiger partial charge in [-0.2, -0.15) is 16.4 Å². The van der Waals surface area contributed by atoms with Gasteiger partial charge < -0.3 is 4.98 Å². The molecule has 3 aromatic rings. The molecule has 4 nitrogen and oxygen atoms in total. The third kappa shape index (κ3) is 1.36. The number of nitrogens with zero attached hydrogens (tertiary/aromatic N) is 3. The minimum absolute atomic E-state index is 0.330. The molecule has 0 aliphatic rings. The van der Waals surface area contributed by atoms with Crippen LogP contribution >= 0.6 is 11.3 Å². The van der Waals surface area contributed by atoms with Crippen LogP contribution in [0.1, 0.15) is 19.9 Å². The van der Waals surface area contributed by atoms with Crippen LogP contribution in [0.25, 0.3) is 22.6 Å². The molecule has 0 radical (unpaired) electrons. The van der Waals surface area contributed by atoms with E-state index in [1.807, 2.05) is 10.9 Å². The van der Waals surface area contributed by atoms with Gasteiger partial charge in [-0.15, -0.1) is 0 Å². The van der Waals surface area contributed by atoms with Crippen LogP contribution in [0.15, 0.2) is 23.0 Å². The quantitative estimate of drug-likeness (QED) is 0.738. The molecule has 0 saturated heterocycles. The van der Waals surface area contributed by atoms with Gasteiger partial charge in [0.05, 0.1) is 6.20 Å². The van der Waals surface area contributed by atoms with Crippen molar-refractivity contribution < 1.29 is 0 Å². The normalized spacial score (nSPS) is 11.7. The Morgan fingerprint density at radius 2 is 2.31 bits per heavy atom. The number of hydrogen-bond acceptors (Lipinski definition) is 3. The van der Waals surface area contributed by atoms with Gasteiger partial charge in [-0.1, -0.05) is 0 Å². The standard InChI is InChI=1S/C11H12N4S/c1-7(2)15-11-9(5-12-15)13-10(14-11)8-3-4-16-6-8/h3-7H,1-2H3,(H,13,14). The summed E-state index contributed by atoms with van der Waals surface area (Å²) in [5.41, 5.74) is 3.06. The molecule has 0 atom stereocenters. The molecule has 0 unspecified atom stereocenters. The Morgan fingerprint density at radius 1 is 1.44 bits per heavy atom. The Balaban J connectivity index is 2.17. The molecule has 0 spiro atoms. The maximum atomic E-state index is 4.59. The number of thiophene rings is 1. The fourth-order valence-corrected chi connectivity index (χ4v) is 2.37. The molecule has 0 bridgehead atoms. The van der Waals surface area contributed by atoms with Gasteiger partial charge in [0.1, 0.15) is 11.3 Å². The van der Waals surface area contributed by atoms with Crippen LogP contribution in [-0.4, -0.2) is 19.7 Å². The molecule has 16 heavy (non-hydrogen) atoms. The lowest BCUT2D eigenvalue weighted by Gasteiger charge is -2.03. The van der Waals surface area contributed by atoms with Gasteiger partial charge in [-0.05, 0) is 25.3 Å². The van der Waals surface area contributed by atoms with Crippen LogP contribution in [0.2, 0.25) is 0 Å². The van der Waals surface area contributed by atoms with Crippen LogP contribution in [-0.2, 0) is 0 Å². The zero-order valence-corrected chi connectivity index (χ0v) is 9.95. The number of nitrogens with one attached hydrogen (secondary N) is 1. The third-order valence-electron chi connectivity index (χ3n) is 2.52. The average molecular weight is 232 g/mol. The van der Waals surface area contributed by atoms with Gasteiger partial charge >= 0.3 is 0 Å². The van der Waals surface area contributed by atoms with Crippen molar-refractivity contribution in [2.75, 3.05) is 0 Å². The summed E-state index contributed by atoms with van der Waals surface area (Å²) in [4.78, 5) is 7.87. The smallest absolute Gasteiger partial charge is 0.176 e. The molecule has 0 amide bonds. The first-order valence-corrected chi connectivity index (χ1v) is 6.16. The van der Waals surface area contributed by atoms with E-state index in [4.69, 9.17) is 0 Å². The van der Waals surface area contributed by atoms with E-state index in [1.165, 1.54) is 0 Å². The van der Waals surface area contributed by atoms with Gasteiger partial charge in [-0.25, -0.2) is 9.67 Å². The maximum Gasteiger partial charge on any atom is 0.176 e. The number of rotatable bonds is 2. The molecule has 5 heteroatoms. The van der Waals surface area contributed by atoms with Crippen LogP contribution in [0, 0.1) is 0 Å². The first kappa shape index (κ1) is 9.59. The van der Waals surface area contributed by atoms with Crippen LogP contribution < -0.4 is 0 Å². The first-order valence-electron chi connectivity index (χ1n) is 5.21. The van der Waals surface area contributed by atoms with Gasteiger partial charge in [0.2, 0.25) is 0 Å². The summed E-state index contributed by atoms with van der Waals surface area (Å²) in [7, 11) is 0. The molecule has 1 N–H and O–H groups in total. The molecule has 3 aromatic heterocycles. The highest BCUT2D eigenvalue weighted by Gasteiger charge is 2.11. The lowest BCUT2D eigenvalue weighted by molar-refractivity contribution is 0.547. The Labute approximate surface area is 96.9 Å². The Morgan fingerprint density at radius 3 is 3.00 bits per heavy atom. The Bertz CT molecular complexity index is 603. The summed E-state index contributed by atoms with van der Waals surface area (Å²) in [5.74, 6) is 0.919. The highest BCUT2D eigenvalue weighted by Crippen LogP contribution is 2.23. The monoisotopic (exact) mass is 232 g/mol. The predicted molar refractivity (Wildman–Crippen MR) is 65.6 cm³/mol. The number of hydrogen-bond donors (Lipinski definition) is 1. The van der Waals surface area contributed by atoms with Crippen LogP contribution in [0.5, 0.6) is 0 Å². The van der Waals surface area contributed by atoms with Gasteiger partial charge in [0, 0.05) is 17.0 Å². The largest absolute Gasteiger partial charge is 0.335 e. The highest BCUT2D eigenvalue weighted by atomic mass is 32.1. The van der Waals surface area contributed by atoms with E-state index in [-0.39, 0.29) is 0 Å². The summed E-state index contributed by atoms with van der Waals surface area (Å²) >= 11 is 1.68. The van der Waals surface area contributed by atoms with Crippen molar-refractivity contribution in [1.82, 2.24) is 19.7 Å². The predicted octanol–water partition coefficient (Wildman–Crippen LogP) is 3.07. The van der Waals surface area contributed by atoms with Crippen molar-refractivity contribution in [3.8, 4) is 11.4 Å². The average Bonchev–Trinajstić information content (AvgIpc) is 2.92. The Kier molecular flexibility index (Phi) is 2.07. The maximum absolute atomic E-state index is 4.59. The van der Waals surface area contributed by atoms with Crippen molar-refractivity contribution in [2.45, 2.75) is 19.9 Å². The number of H-pyrrole nitrogens is 1. The van der Waals surface area contributed by atoms with E-state index in [0.717, 1.165) is 22.6 Å². The lowest BCUT2D eigenvalue weighted by atomic mass is 10.3. The number of fused-ring (bicyclic) bond motifs is 1. The third-order valence-corrected chi connectivity index (χ3v) is 3.21. The molecule has 0 saturated carbocycles. The summed E-state index contributed by atoms with van der Waals surface area (Å²) in [6.45, 7) is 4.21. The second kappa shape index (κ2) is 3.45. The second-order valence-corrected chi connectivity index (χ2v) is 4.80. The first-order chi connectivity index (χ1) is 7.75. The molecule has 0 fully saturated rings. The van der Waals surface area contributed by atoms with E-state index < -0.39 is 0 Å².